The van der Waals surface area contributed by atoms with Gasteiger partial charge in [0.1, 0.15) is 5.58 Å². The van der Waals surface area contributed by atoms with Crippen LogP contribution < -0.4 is 5.63 Å². The van der Waals surface area contributed by atoms with Gasteiger partial charge in [-0.1, -0.05) is 26.0 Å². The Morgan fingerprint density at radius 2 is 1.88 bits per heavy atom. The molecule has 1 heterocycles. The van der Waals surface area contributed by atoms with E-state index in [1.807, 2.05) is 18.2 Å². The van der Waals surface area contributed by atoms with Crippen LogP contribution in [0.15, 0.2) is 33.5 Å². The standard InChI is InChI=1S/C15H18O2/c1-4-11(5-2)12-6-7-13-8-10(3)15(16)17-14(13)9-12/h6-9,11H,4-5H2,1-3H3. The first-order chi connectivity index (χ1) is 8.15. The zero-order valence-electron chi connectivity index (χ0n) is 10.6. The number of rotatable bonds is 3. The van der Waals surface area contributed by atoms with Crippen LogP contribution in [0.3, 0.4) is 0 Å². The molecule has 0 fully saturated rings. The molecule has 2 rings (SSSR count). The van der Waals surface area contributed by atoms with Crippen LogP contribution in [0.25, 0.3) is 11.0 Å². The molecule has 2 heteroatoms. The number of benzene rings is 1. The van der Waals surface area contributed by atoms with Gasteiger partial charge in [0.25, 0.3) is 0 Å². The Kier molecular flexibility index (Phi) is 3.32. The number of aryl methyl sites for hydroxylation is 1. The molecule has 0 unspecified atom stereocenters. The molecule has 0 spiro atoms. The first-order valence-corrected chi connectivity index (χ1v) is 6.20. The van der Waals surface area contributed by atoms with E-state index < -0.39 is 0 Å². The van der Waals surface area contributed by atoms with Crippen molar-refractivity contribution < 1.29 is 4.42 Å². The van der Waals surface area contributed by atoms with E-state index in [1.54, 1.807) is 6.92 Å². The Morgan fingerprint density at radius 3 is 2.53 bits per heavy atom. The minimum Gasteiger partial charge on any atom is -0.423 e. The first-order valence-electron chi connectivity index (χ1n) is 6.20. The molecule has 0 aliphatic heterocycles. The second kappa shape index (κ2) is 4.74. The molecular weight excluding hydrogens is 212 g/mol. The summed E-state index contributed by atoms with van der Waals surface area (Å²) in [6.07, 6.45) is 2.22. The van der Waals surface area contributed by atoms with Gasteiger partial charge in [0.05, 0.1) is 0 Å². The zero-order valence-corrected chi connectivity index (χ0v) is 10.6. The third-order valence-corrected chi connectivity index (χ3v) is 3.39. The molecule has 0 aliphatic rings. The summed E-state index contributed by atoms with van der Waals surface area (Å²) in [4.78, 5) is 11.5. The lowest BCUT2D eigenvalue weighted by Gasteiger charge is -2.12. The van der Waals surface area contributed by atoms with Crippen LogP contribution in [-0.2, 0) is 0 Å². The van der Waals surface area contributed by atoms with E-state index in [9.17, 15) is 4.79 Å². The van der Waals surface area contributed by atoms with E-state index in [-0.39, 0.29) is 5.63 Å². The van der Waals surface area contributed by atoms with Gasteiger partial charge in [-0.2, -0.15) is 0 Å². The van der Waals surface area contributed by atoms with Crippen LogP contribution in [0.2, 0.25) is 0 Å². The highest BCUT2D eigenvalue weighted by molar-refractivity contribution is 5.77. The van der Waals surface area contributed by atoms with Crippen molar-refractivity contribution in [3.05, 3.63) is 45.8 Å². The average Bonchev–Trinajstić information content (AvgIpc) is 2.32. The minimum absolute atomic E-state index is 0.237. The summed E-state index contributed by atoms with van der Waals surface area (Å²) in [5.74, 6) is 0.547. The summed E-state index contributed by atoms with van der Waals surface area (Å²) in [6, 6.07) is 8.07. The van der Waals surface area contributed by atoms with Crippen molar-refractivity contribution in [3.63, 3.8) is 0 Å². The number of fused-ring (bicyclic) bond motifs is 1. The Hall–Kier alpha value is -1.57. The topological polar surface area (TPSA) is 30.2 Å². The molecule has 2 aromatic rings. The molecule has 0 saturated heterocycles. The lowest BCUT2D eigenvalue weighted by Crippen LogP contribution is -2.02. The van der Waals surface area contributed by atoms with Crippen molar-refractivity contribution in [2.45, 2.75) is 39.5 Å². The molecule has 0 N–H and O–H groups in total. The molecule has 90 valence electrons. The molecule has 1 aromatic carbocycles. The normalized spacial score (nSPS) is 11.3. The molecule has 0 aliphatic carbocycles. The third kappa shape index (κ3) is 2.26. The molecule has 0 saturated carbocycles. The van der Waals surface area contributed by atoms with Gasteiger partial charge in [-0.3, -0.25) is 0 Å². The molecule has 0 bridgehead atoms. The summed E-state index contributed by atoms with van der Waals surface area (Å²) in [7, 11) is 0. The van der Waals surface area contributed by atoms with Crippen molar-refractivity contribution in [3.8, 4) is 0 Å². The molecule has 1 aromatic heterocycles. The highest BCUT2D eigenvalue weighted by atomic mass is 16.4. The van der Waals surface area contributed by atoms with Gasteiger partial charge in [-0.15, -0.1) is 0 Å². The number of hydrogen-bond acceptors (Lipinski definition) is 2. The van der Waals surface area contributed by atoms with E-state index in [4.69, 9.17) is 4.42 Å². The summed E-state index contributed by atoms with van der Waals surface area (Å²) < 4.78 is 5.32. The molecule has 0 radical (unpaired) electrons. The van der Waals surface area contributed by atoms with E-state index in [0.29, 0.717) is 17.1 Å². The second-order valence-corrected chi connectivity index (χ2v) is 4.53. The van der Waals surface area contributed by atoms with Crippen molar-refractivity contribution in [1.82, 2.24) is 0 Å². The zero-order chi connectivity index (χ0) is 12.4. The quantitative estimate of drug-likeness (QED) is 0.746. The smallest absolute Gasteiger partial charge is 0.339 e. The third-order valence-electron chi connectivity index (χ3n) is 3.39. The van der Waals surface area contributed by atoms with Crippen molar-refractivity contribution in [2.24, 2.45) is 0 Å². The largest absolute Gasteiger partial charge is 0.423 e. The maximum Gasteiger partial charge on any atom is 0.339 e. The fourth-order valence-electron chi connectivity index (χ4n) is 2.25. The van der Waals surface area contributed by atoms with Gasteiger partial charge in [-0.25, -0.2) is 4.79 Å². The van der Waals surface area contributed by atoms with Crippen LogP contribution in [-0.4, -0.2) is 0 Å². The van der Waals surface area contributed by atoms with Gasteiger partial charge in [0, 0.05) is 10.9 Å². The van der Waals surface area contributed by atoms with Crippen LogP contribution in [0.1, 0.15) is 43.7 Å². The Labute approximate surface area is 101 Å². The second-order valence-electron chi connectivity index (χ2n) is 4.53. The van der Waals surface area contributed by atoms with Gasteiger partial charge >= 0.3 is 5.63 Å². The van der Waals surface area contributed by atoms with Gasteiger partial charge < -0.3 is 4.42 Å². The van der Waals surface area contributed by atoms with E-state index in [1.165, 1.54) is 5.56 Å². The SMILES string of the molecule is CCC(CC)c1ccc2cc(C)c(=O)oc2c1. The van der Waals surface area contributed by atoms with Crippen molar-refractivity contribution in [2.75, 3.05) is 0 Å². The van der Waals surface area contributed by atoms with Crippen molar-refractivity contribution in [1.29, 1.82) is 0 Å². The molecular formula is C15H18O2. The van der Waals surface area contributed by atoms with E-state index in [2.05, 4.69) is 19.9 Å². The van der Waals surface area contributed by atoms with Gasteiger partial charge in [-0.05, 0) is 43.4 Å². The predicted octanol–water partition coefficient (Wildman–Crippen LogP) is 4.01. The molecule has 0 amide bonds. The molecule has 2 nitrogen and oxygen atoms in total. The Balaban J connectivity index is 2.57. The Morgan fingerprint density at radius 1 is 1.18 bits per heavy atom. The monoisotopic (exact) mass is 230 g/mol. The highest BCUT2D eigenvalue weighted by Gasteiger charge is 2.09. The fraction of sp³-hybridized carbons (Fsp3) is 0.400. The lowest BCUT2D eigenvalue weighted by atomic mass is 9.93. The molecule has 17 heavy (non-hydrogen) atoms. The summed E-state index contributed by atoms with van der Waals surface area (Å²) >= 11 is 0. The van der Waals surface area contributed by atoms with E-state index in [0.717, 1.165) is 18.2 Å². The summed E-state index contributed by atoms with van der Waals surface area (Å²) in [5.41, 5.74) is 2.38. The van der Waals surface area contributed by atoms with Crippen LogP contribution in [0.4, 0.5) is 0 Å². The van der Waals surface area contributed by atoms with Gasteiger partial charge in [0.2, 0.25) is 0 Å². The highest BCUT2D eigenvalue weighted by Crippen LogP contribution is 2.26. The van der Waals surface area contributed by atoms with Crippen LogP contribution >= 0.6 is 0 Å². The maximum atomic E-state index is 11.5. The molecule has 0 atom stereocenters. The summed E-state index contributed by atoms with van der Waals surface area (Å²) in [5, 5.41) is 0.997. The minimum atomic E-state index is -0.237. The van der Waals surface area contributed by atoms with Crippen LogP contribution in [0.5, 0.6) is 0 Å². The fourth-order valence-corrected chi connectivity index (χ4v) is 2.25. The summed E-state index contributed by atoms with van der Waals surface area (Å²) in [6.45, 7) is 6.15. The maximum absolute atomic E-state index is 11.5. The lowest BCUT2D eigenvalue weighted by molar-refractivity contribution is 0.553. The van der Waals surface area contributed by atoms with E-state index >= 15 is 0 Å². The first kappa shape index (κ1) is 11.9. The van der Waals surface area contributed by atoms with Crippen molar-refractivity contribution >= 4 is 11.0 Å². The van der Waals surface area contributed by atoms with Gasteiger partial charge in [0.15, 0.2) is 0 Å². The van der Waals surface area contributed by atoms with Crippen LogP contribution in [0, 0.1) is 6.92 Å². The number of hydrogen-bond donors (Lipinski definition) is 0. The average molecular weight is 230 g/mol. The Bertz CT molecular complexity index is 577. The predicted molar refractivity (Wildman–Crippen MR) is 70.5 cm³/mol.